The molecule has 0 spiro atoms. The van der Waals surface area contributed by atoms with Crippen LogP contribution in [0, 0.1) is 0 Å². The second kappa shape index (κ2) is 8.54. The number of esters is 1. The van der Waals surface area contributed by atoms with Crippen molar-refractivity contribution in [3.63, 3.8) is 0 Å². The van der Waals surface area contributed by atoms with Gasteiger partial charge < -0.3 is 9.47 Å². The Hall–Kier alpha value is -1.52. The summed E-state index contributed by atoms with van der Waals surface area (Å²) in [4.78, 5) is 11.7. The molecule has 0 aliphatic carbocycles. The highest BCUT2D eigenvalue weighted by atomic mass is 79.9. The summed E-state index contributed by atoms with van der Waals surface area (Å²) < 4.78 is 11.9. The molecule has 0 heterocycles. The largest absolute Gasteiger partial charge is 0.466 e. The average Bonchev–Trinajstić information content (AvgIpc) is 2.51. The van der Waals surface area contributed by atoms with Crippen LogP contribution in [0.4, 0.5) is 0 Å². The summed E-state index contributed by atoms with van der Waals surface area (Å²) in [5, 5.41) is 0.599. The molecule has 128 valence electrons. The van der Waals surface area contributed by atoms with E-state index in [1.54, 1.807) is 19.1 Å². The van der Waals surface area contributed by atoms with Crippen LogP contribution in [0.2, 0.25) is 5.02 Å². The Balaban J connectivity index is 2.34. The predicted octanol–water partition coefficient (Wildman–Crippen LogP) is 6.12. The summed E-state index contributed by atoms with van der Waals surface area (Å²) in [5.74, 6) is 1.40. The van der Waals surface area contributed by atoms with Crippen molar-refractivity contribution >= 4 is 33.5 Å². The fourth-order valence-corrected chi connectivity index (χ4v) is 2.80. The molecule has 2 aromatic carbocycles. The highest BCUT2D eigenvalue weighted by molar-refractivity contribution is 9.10. The summed E-state index contributed by atoms with van der Waals surface area (Å²) >= 11 is 9.53. The zero-order valence-corrected chi connectivity index (χ0v) is 16.3. The molecule has 0 atom stereocenters. The molecule has 2 rings (SSSR count). The SMILES string of the molecule is CCOC(=O)Cc1ccc(C(C)C)c(Oc2cc(Cl)ccc2Br)c1. The fraction of sp³-hybridized carbons (Fsp3) is 0.316. The van der Waals surface area contributed by atoms with E-state index in [1.165, 1.54) is 0 Å². The highest BCUT2D eigenvalue weighted by Gasteiger charge is 2.14. The van der Waals surface area contributed by atoms with Gasteiger partial charge in [-0.3, -0.25) is 4.79 Å². The number of carbonyl (C=O) groups is 1. The fourth-order valence-electron chi connectivity index (χ4n) is 2.31. The first-order valence-electron chi connectivity index (χ1n) is 7.82. The van der Waals surface area contributed by atoms with Crippen molar-refractivity contribution < 1.29 is 14.3 Å². The zero-order chi connectivity index (χ0) is 17.7. The molecular formula is C19H20BrClO3. The van der Waals surface area contributed by atoms with E-state index < -0.39 is 0 Å². The summed E-state index contributed by atoms with van der Waals surface area (Å²) in [6, 6.07) is 11.2. The lowest BCUT2D eigenvalue weighted by Gasteiger charge is -2.16. The second-order valence-corrected chi connectivity index (χ2v) is 6.98. The van der Waals surface area contributed by atoms with Gasteiger partial charge >= 0.3 is 5.97 Å². The Kier molecular flexibility index (Phi) is 6.69. The predicted molar refractivity (Wildman–Crippen MR) is 100 cm³/mol. The van der Waals surface area contributed by atoms with E-state index in [0.29, 0.717) is 17.4 Å². The smallest absolute Gasteiger partial charge is 0.310 e. The Bertz CT molecular complexity index is 729. The van der Waals surface area contributed by atoms with Gasteiger partial charge in [-0.2, -0.15) is 0 Å². The number of hydrogen-bond donors (Lipinski definition) is 0. The average molecular weight is 412 g/mol. The van der Waals surface area contributed by atoms with Crippen LogP contribution in [-0.2, 0) is 16.0 Å². The number of carbonyl (C=O) groups excluding carboxylic acids is 1. The third kappa shape index (κ3) is 4.99. The van der Waals surface area contributed by atoms with Gasteiger partial charge in [0, 0.05) is 11.1 Å². The molecule has 0 amide bonds. The maximum Gasteiger partial charge on any atom is 0.310 e. The quantitative estimate of drug-likeness (QED) is 0.537. The van der Waals surface area contributed by atoms with E-state index in [2.05, 4.69) is 29.8 Å². The normalized spacial score (nSPS) is 10.8. The molecule has 0 saturated carbocycles. The Morgan fingerprint density at radius 2 is 1.92 bits per heavy atom. The number of hydrogen-bond acceptors (Lipinski definition) is 3. The number of halogens is 2. The van der Waals surface area contributed by atoms with Crippen LogP contribution in [0.1, 0.15) is 37.8 Å². The molecule has 0 unspecified atom stereocenters. The lowest BCUT2D eigenvalue weighted by molar-refractivity contribution is -0.142. The lowest BCUT2D eigenvalue weighted by atomic mass is 9.99. The molecule has 5 heteroatoms. The van der Waals surface area contributed by atoms with Crippen LogP contribution in [0.5, 0.6) is 11.5 Å². The topological polar surface area (TPSA) is 35.5 Å². The van der Waals surface area contributed by atoms with Gasteiger partial charge in [0.1, 0.15) is 11.5 Å². The minimum absolute atomic E-state index is 0.222. The standard InChI is InChI=1S/C19H20BrClO3/c1-4-23-19(22)10-13-5-7-15(12(2)3)17(9-13)24-18-11-14(21)6-8-16(18)20/h5-9,11-12H,4,10H2,1-3H3. The van der Waals surface area contributed by atoms with Gasteiger partial charge in [-0.05, 0) is 58.1 Å². The first-order valence-corrected chi connectivity index (χ1v) is 8.99. The Labute approximate surface area is 156 Å². The molecule has 24 heavy (non-hydrogen) atoms. The summed E-state index contributed by atoms with van der Waals surface area (Å²) in [7, 11) is 0. The van der Waals surface area contributed by atoms with Gasteiger partial charge in [-0.1, -0.05) is 37.6 Å². The zero-order valence-electron chi connectivity index (χ0n) is 13.9. The third-order valence-corrected chi connectivity index (χ3v) is 4.36. The highest BCUT2D eigenvalue weighted by Crippen LogP contribution is 2.36. The Morgan fingerprint density at radius 3 is 2.58 bits per heavy atom. The van der Waals surface area contributed by atoms with Crippen LogP contribution >= 0.6 is 27.5 Å². The number of rotatable bonds is 6. The monoisotopic (exact) mass is 410 g/mol. The molecule has 0 aromatic heterocycles. The van der Waals surface area contributed by atoms with E-state index in [0.717, 1.165) is 21.3 Å². The van der Waals surface area contributed by atoms with Gasteiger partial charge in [0.2, 0.25) is 0 Å². The summed E-state index contributed by atoms with van der Waals surface area (Å²) in [6.45, 7) is 6.37. The van der Waals surface area contributed by atoms with E-state index in [9.17, 15) is 4.79 Å². The van der Waals surface area contributed by atoms with E-state index >= 15 is 0 Å². The number of benzene rings is 2. The van der Waals surface area contributed by atoms with Gasteiger partial charge in [-0.15, -0.1) is 0 Å². The molecule has 0 aliphatic rings. The molecule has 0 radical (unpaired) electrons. The minimum atomic E-state index is -0.246. The molecule has 0 aliphatic heterocycles. The first-order chi connectivity index (χ1) is 11.4. The summed E-state index contributed by atoms with van der Waals surface area (Å²) in [6.07, 6.45) is 0.222. The minimum Gasteiger partial charge on any atom is -0.466 e. The molecule has 0 bridgehead atoms. The van der Waals surface area contributed by atoms with E-state index in [4.69, 9.17) is 21.1 Å². The van der Waals surface area contributed by atoms with Crippen LogP contribution < -0.4 is 4.74 Å². The van der Waals surface area contributed by atoms with Crippen LogP contribution in [0.3, 0.4) is 0 Å². The maximum absolute atomic E-state index is 11.7. The van der Waals surface area contributed by atoms with Crippen molar-refractivity contribution in [2.75, 3.05) is 6.61 Å². The van der Waals surface area contributed by atoms with Gasteiger partial charge in [-0.25, -0.2) is 0 Å². The summed E-state index contributed by atoms with van der Waals surface area (Å²) in [5.41, 5.74) is 1.92. The Morgan fingerprint density at radius 1 is 1.17 bits per heavy atom. The van der Waals surface area contributed by atoms with Crippen molar-refractivity contribution in [2.24, 2.45) is 0 Å². The van der Waals surface area contributed by atoms with Crippen LogP contribution in [-0.4, -0.2) is 12.6 Å². The van der Waals surface area contributed by atoms with Crippen molar-refractivity contribution in [1.82, 2.24) is 0 Å². The van der Waals surface area contributed by atoms with Crippen molar-refractivity contribution in [1.29, 1.82) is 0 Å². The number of ether oxygens (including phenoxy) is 2. The van der Waals surface area contributed by atoms with Crippen LogP contribution in [0.25, 0.3) is 0 Å². The second-order valence-electron chi connectivity index (χ2n) is 5.69. The first kappa shape index (κ1) is 18.8. The lowest BCUT2D eigenvalue weighted by Crippen LogP contribution is -2.08. The van der Waals surface area contributed by atoms with Crippen molar-refractivity contribution in [2.45, 2.75) is 33.1 Å². The van der Waals surface area contributed by atoms with Crippen LogP contribution in [0.15, 0.2) is 40.9 Å². The maximum atomic E-state index is 11.7. The van der Waals surface area contributed by atoms with Crippen molar-refractivity contribution in [3.05, 3.63) is 57.0 Å². The molecule has 0 saturated heterocycles. The van der Waals surface area contributed by atoms with Gasteiger partial charge in [0.25, 0.3) is 0 Å². The van der Waals surface area contributed by atoms with E-state index in [-0.39, 0.29) is 18.3 Å². The third-order valence-electron chi connectivity index (χ3n) is 3.47. The molecular weight excluding hydrogens is 392 g/mol. The van der Waals surface area contributed by atoms with Gasteiger partial charge in [0.05, 0.1) is 17.5 Å². The molecule has 0 fully saturated rings. The molecule has 2 aromatic rings. The van der Waals surface area contributed by atoms with E-state index in [1.807, 2.05) is 24.3 Å². The molecule has 0 N–H and O–H groups in total. The van der Waals surface area contributed by atoms with Gasteiger partial charge in [0.15, 0.2) is 0 Å². The van der Waals surface area contributed by atoms with Crippen molar-refractivity contribution in [3.8, 4) is 11.5 Å². The molecule has 3 nitrogen and oxygen atoms in total.